The van der Waals surface area contributed by atoms with Crippen LogP contribution in [0.5, 0.6) is 0 Å². The van der Waals surface area contributed by atoms with Crippen LogP contribution in [0.1, 0.15) is 17.2 Å². The Kier molecular flexibility index (Phi) is 4.29. The number of benzene rings is 2. The van der Waals surface area contributed by atoms with Crippen LogP contribution in [-0.2, 0) is 11.3 Å². The number of nitrogen functional groups attached to an aromatic ring is 1. The standard InChI is InChI=1S/C15H14F3NO/c16-15(17,18)14(12-4-2-1-3-5-12)20-10-11-6-8-13(19)9-7-11/h1-9,14H,10,19H2. The van der Waals surface area contributed by atoms with Gasteiger partial charge in [0.05, 0.1) is 6.61 Å². The molecule has 5 heteroatoms. The fourth-order valence-electron chi connectivity index (χ4n) is 1.80. The van der Waals surface area contributed by atoms with Crippen LogP contribution in [0.3, 0.4) is 0 Å². The normalized spacial score (nSPS) is 13.2. The van der Waals surface area contributed by atoms with Crippen molar-refractivity contribution in [1.29, 1.82) is 0 Å². The van der Waals surface area contributed by atoms with Crippen LogP contribution in [-0.4, -0.2) is 6.18 Å². The molecule has 2 aromatic carbocycles. The Bertz CT molecular complexity index is 537. The van der Waals surface area contributed by atoms with Gasteiger partial charge in [-0.15, -0.1) is 0 Å². The second kappa shape index (κ2) is 5.96. The average Bonchev–Trinajstić information content (AvgIpc) is 2.41. The smallest absolute Gasteiger partial charge is 0.399 e. The minimum absolute atomic E-state index is 0.0930. The zero-order valence-corrected chi connectivity index (χ0v) is 10.6. The first-order valence-corrected chi connectivity index (χ1v) is 6.04. The zero-order chi connectivity index (χ0) is 14.6. The van der Waals surface area contributed by atoms with Gasteiger partial charge in [0, 0.05) is 5.69 Å². The van der Waals surface area contributed by atoms with E-state index < -0.39 is 12.3 Å². The summed E-state index contributed by atoms with van der Waals surface area (Å²) in [4.78, 5) is 0. The first-order chi connectivity index (χ1) is 9.47. The van der Waals surface area contributed by atoms with Gasteiger partial charge in [-0.3, -0.25) is 0 Å². The Labute approximate surface area is 115 Å². The SMILES string of the molecule is Nc1ccc(COC(c2ccccc2)C(F)(F)F)cc1. The van der Waals surface area contributed by atoms with Gasteiger partial charge in [0.1, 0.15) is 0 Å². The Hall–Kier alpha value is -2.01. The molecule has 0 amide bonds. The molecule has 0 bridgehead atoms. The van der Waals surface area contributed by atoms with Crippen molar-refractivity contribution >= 4 is 5.69 Å². The molecule has 0 radical (unpaired) electrons. The Morgan fingerprint density at radius 1 is 0.950 bits per heavy atom. The first kappa shape index (κ1) is 14.4. The molecule has 2 nitrogen and oxygen atoms in total. The molecular weight excluding hydrogens is 267 g/mol. The average molecular weight is 281 g/mol. The van der Waals surface area contributed by atoms with E-state index in [0.717, 1.165) is 0 Å². The molecule has 0 saturated heterocycles. The number of hydrogen-bond acceptors (Lipinski definition) is 2. The maximum atomic E-state index is 13.0. The maximum Gasteiger partial charge on any atom is 0.418 e. The summed E-state index contributed by atoms with van der Waals surface area (Å²) in [5.41, 5.74) is 6.82. The van der Waals surface area contributed by atoms with Crippen molar-refractivity contribution in [3.63, 3.8) is 0 Å². The minimum atomic E-state index is -4.45. The van der Waals surface area contributed by atoms with Crippen LogP contribution < -0.4 is 5.73 Å². The zero-order valence-electron chi connectivity index (χ0n) is 10.6. The van der Waals surface area contributed by atoms with Gasteiger partial charge in [-0.25, -0.2) is 0 Å². The molecule has 2 aromatic rings. The highest BCUT2D eigenvalue weighted by atomic mass is 19.4. The highest BCUT2D eigenvalue weighted by molar-refractivity contribution is 5.39. The number of anilines is 1. The van der Waals surface area contributed by atoms with Crippen molar-refractivity contribution in [1.82, 2.24) is 0 Å². The summed E-state index contributed by atoms with van der Waals surface area (Å²) in [5.74, 6) is 0. The van der Waals surface area contributed by atoms with E-state index in [2.05, 4.69) is 0 Å². The summed E-state index contributed by atoms with van der Waals surface area (Å²) in [7, 11) is 0. The second-order valence-electron chi connectivity index (χ2n) is 4.38. The second-order valence-corrected chi connectivity index (χ2v) is 4.38. The molecule has 0 aromatic heterocycles. The summed E-state index contributed by atoms with van der Waals surface area (Å²) < 4.78 is 44.1. The summed E-state index contributed by atoms with van der Waals surface area (Å²) in [6.07, 6.45) is -6.38. The van der Waals surface area contributed by atoms with Crippen molar-refractivity contribution in [3.8, 4) is 0 Å². The lowest BCUT2D eigenvalue weighted by molar-refractivity contribution is -0.227. The lowest BCUT2D eigenvalue weighted by atomic mass is 10.1. The van der Waals surface area contributed by atoms with Gasteiger partial charge in [-0.05, 0) is 23.3 Å². The van der Waals surface area contributed by atoms with Gasteiger partial charge in [-0.1, -0.05) is 42.5 Å². The molecule has 0 aliphatic heterocycles. The molecule has 0 fully saturated rings. The van der Waals surface area contributed by atoms with E-state index in [9.17, 15) is 13.2 Å². The number of halogens is 3. The van der Waals surface area contributed by atoms with E-state index in [0.29, 0.717) is 11.3 Å². The molecular formula is C15H14F3NO. The van der Waals surface area contributed by atoms with Crippen molar-refractivity contribution < 1.29 is 17.9 Å². The van der Waals surface area contributed by atoms with Gasteiger partial charge in [0.25, 0.3) is 0 Å². The van der Waals surface area contributed by atoms with Gasteiger partial charge < -0.3 is 10.5 Å². The monoisotopic (exact) mass is 281 g/mol. The molecule has 0 aliphatic rings. The van der Waals surface area contributed by atoms with Crippen molar-refractivity contribution in [3.05, 3.63) is 65.7 Å². The molecule has 0 spiro atoms. The first-order valence-electron chi connectivity index (χ1n) is 6.04. The summed E-state index contributed by atoms with van der Waals surface area (Å²) in [6, 6.07) is 14.1. The highest BCUT2D eigenvalue weighted by Crippen LogP contribution is 2.36. The predicted molar refractivity (Wildman–Crippen MR) is 70.9 cm³/mol. The maximum absolute atomic E-state index is 13.0. The van der Waals surface area contributed by atoms with E-state index in [-0.39, 0.29) is 12.2 Å². The van der Waals surface area contributed by atoms with Crippen LogP contribution in [0.25, 0.3) is 0 Å². The molecule has 2 N–H and O–H groups in total. The number of hydrogen-bond donors (Lipinski definition) is 1. The van der Waals surface area contributed by atoms with E-state index >= 15 is 0 Å². The van der Waals surface area contributed by atoms with Crippen molar-refractivity contribution in [2.45, 2.75) is 18.9 Å². The number of alkyl halides is 3. The predicted octanol–water partition coefficient (Wildman–Crippen LogP) is 4.09. The van der Waals surface area contributed by atoms with Crippen molar-refractivity contribution in [2.75, 3.05) is 5.73 Å². The molecule has 1 unspecified atom stereocenters. The fraction of sp³-hybridized carbons (Fsp3) is 0.200. The van der Waals surface area contributed by atoms with Gasteiger partial charge in [0.15, 0.2) is 6.10 Å². The summed E-state index contributed by atoms with van der Waals surface area (Å²) in [6.45, 7) is -0.126. The Morgan fingerprint density at radius 3 is 2.10 bits per heavy atom. The highest BCUT2D eigenvalue weighted by Gasteiger charge is 2.41. The van der Waals surface area contributed by atoms with Crippen molar-refractivity contribution in [2.24, 2.45) is 0 Å². The topological polar surface area (TPSA) is 35.2 Å². The molecule has 0 aliphatic carbocycles. The van der Waals surface area contributed by atoms with Crippen LogP contribution in [0.15, 0.2) is 54.6 Å². The number of nitrogens with two attached hydrogens (primary N) is 1. The third-order valence-electron chi connectivity index (χ3n) is 2.80. The lowest BCUT2D eigenvalue weighted by Crippen LogP contribution is -2.23. The quantitative estimate of drug-likeness (QED) is 0.857. The van der Waals surface area contributed by atoms with Crippen LogP contribution in [0.2, 0.25) is 0 Å². The largest absolute Gasteiger partial charge is 0.418 e. The molecule has 0 saturated carbocycles. The Balaban J connectivity index is 2.11. The summed E-state index contributed by atoms with van der Waals surface area (Å²) >= 11 is 0. The number of ether oxygens (including phenoxy) is 1. The number of rotatable bonds is 4. The third kappa shape index (κ3) is 3.74. The third-order valence-corrected chi connectivity index (χ3v) is 2.80. The Morgan fingerprint density at radius 2 is 1.55 bits per heavy atom. The lowest BCUT2D eigenvalue weighted by Gasteiger charge is -2.21. The molecule has 2 rings (SSSR count). The van der Waals surface area contributed by atoms with Crippen LogP contribution >= 0.6 is 0 Å². The van der Waals surface area contributed by atoms with E-state index in [1.54, 1.807) is 42.5 Å². The van der Waals surface area contributed by atoms with Gasteiger partial charge >= 0.3 is 6.18 Å². The van der Waals surface area contributed by atoms with E-state index in [1.807, 2.05) is 0 Å². The van der Waals surface area contributed by atoms with E-state index in [1.165, 1.54) is 12.1 Å². The van der Waals surface area contributed by atoms with Gasteiger partial charge in [0.2, 0.25) is 0 Å². The van der Waals surface area contributed by atoms with Crippen LogP contribution in [0, 0.1) is 0 Å². The van der Waals surface area contributed by atoms with Gasteiger partial charge in [-0.2, -0.15) is 13.2 Å². The fourth-order valence-corrected chi connectivity index (χ4v) is 1.80. The summed E-state index contributed by atoms with van der Waals surface area (Å²) in [5, 5.41) is 0. The van der Waals surface area contributed by atoms with E-state index in [4.69, 9.17) is 10.5 Å². The van der Waals surface area contributed by atoms with Crippen LogP contribution in [0.4, 0.5) is 18.9 Å². The molecule has 106 valence electrons. The molecule has 0 heterocycles. The molecule has 1 atom stereocenters. The molecule has 20 heavy (non-hydrogen) atoms. The minimum Gasteiger partial charge on any atom is -0.399 e.